The Kier molecular flexibility index (Phi) is 10.7. The zero-order valence-corrected chi connectivity index (χ0v) is 37.5. The van der Waals surface area contributed by atoms with Gasteiger partial charge in [-0.1, -0.05) is 188 Å². The van der Waals surface area contributed by atoms with Crippen molar-refractivity contribution in [2.45, 2.75) is 6.42 Å². The number of allylic oxidation sites excluding steroid dienone is 3. The molecular weight excluding hydrogens is 825 g/mol. The molecule has 0 amide bonds. The molecule has 0 atom stereocenters. The monoisotopic (exact) mass is 870 g/mol. The van der Waals surface area contributed by atoms with Crippen molar-refractivity contribution in [2.75, 3.05) is 11.4 Å². The summed E-state index contributed by atoms with van der Waals surface area (Å²) in [5.74, 6) is 0.709. The third kappa shape index (κ3) is 7.88. The van der Waals surface area contributed by atoms with Gasteiger partial charge in [0.2, 0.25) is 0 Å². The first-order chi connectivity index (χ1) is 33.7. The zero-order chi connectivity index (χ0) is 45.2. The highest BCUT2D eigenvalue weighted by Gasteiger charge is 2.18. The van der Waals surface area contributed by atoms with Gasteiger partial charge in [0.05, 0.1) is 22.4 Å². The molecule has 3 heterocycles. The van der Waals surface area contributed by atoms with Crippen molar-refractivity contribution in [3.8, 4) is 61.8 Å². The number of para-hydroxylation sites is 3. The number of aromatic nitrogens is 3. The lowest BCUT2D eigenvalue weighted by atomic mass is 9.96. The van der Waals surface area contributed by atoms with Crippen LogP contribution in [0.2, 0.25) is 0 Å². The van der Waals surface area contributed by atoms with Crippen LogP contribution in [0, 0.1) is 0 Å². The lowest BCUT2D eigenvalue weighted by Crippen LogP contribution is -2.18. The minimum atomic E-state index is 0.709. The van der Waals surface area contributed by atoms with Crippen molar-refractivity contribution in [3.05, 3.63) is 266 Å². The van der Waals surface area contributed by atoms with E-state index in [2.05, 4.69) is 240 Å². The van der Waals surface area contributed by atoms with Gasteiger partial charge in [0, 0.05) is 51.1 Å². The number of hydrogen-bond acceptors (Lipinski definition) is 3. The molecule has 11 aromatic rings. The van der Waals surface area contributed by atoms with Crippen molar-refractivity contribution in [1.29, 1.82) is 0 Å². The van der Waals surface area contributed by atoms with Crippen molar-refractivity contribution >= 4 is 38.8 Å². The molecule has 0 bridgehead atoms. The van der Waals surface area contributed by atoms with E-state index in [1.165, 1.54) is 55.4 Å². The summed E-state index contributed by atoms with van der Waals surface area (Å²) in [5.41, 5.74) is 19.2. The predicted octanol–water partition coefficient (Wildman–Crippen LogP) is 16.2. The normalized spacial score (nSPS) is 13.4. The van der Waals surface area contributed by atoms with Crippen molar-refractivity contribution < 1.29 is 0 Å². The summed E-state index contributed by atoms with van der Waals surface area (Å²) in [6.45, 7) is 0.723. The van der Waals surface area contributed by atoms with E-state index in [4.69, 9.17) is 9.97 Å². The molecule has 9 aromatic carbocycles. The maximum atomic E-state index is 5.11. The van der Waals surface area contributed by atoms with E-state index >= 15 is 0 Å². The first-order valence-electron chi connectivity index (χ1n) is 23.3. The summed E-state index contributed by atoms with van der Waals surface area (Å²) in [6, 6.07) is 84.4. The third-order valence-corrected chi connectivity index (χ3v) is 13.1. The highest BCUT2D eigenvalue weighted by Crippen LogP contribution is 2.38. The standard InChI is InChI=1S/C64H46N4/c1-4-18-46(19-5-1)59-44-60(66-64(65-59)48-21-6-2-7-22-48)54-27-15-25-51(41-54)49-23-14-24-50(40-49)52-26-16-31-56(42-52)67-39-17-28-45(35-36-47-20-10-12-33-61(47)67)53-37-38-63-58(43-53)57-32-11-13-34-62(57)68(63)55-29-8-3-9-30-55/h1-35,37-38,40-44H,36,39H2/b28-17?,45-35+. The van der Waals surface area contributed by atoms with Crippen LogP contribution < -0.4 is 4.90 Å². The molecule has 1 aliphatic heterocycles. The quantitative estimate of drug-likeness (QED) is 0.153. The van der Waals surface area contributed by atoms with Gasteiger partial charge < -0.3 is 9.47 Å². The lowest BCUT2D eigenvalue weighted by molar-refractivity contribution is 1.07. The fourth-order valence-electron chi connectivity index (χ4n) is 9.74. The van der Waals surface area contributed by atoms with Crippen molar-refractivity contribution in [1.82, 2.24) is 14.5 Å². The van der Waals surface area contributed by atoms with E-state index < -0.39 is 0 Å². The second-order valence-corrected chi connectivity index (χ2v) is 17.3. The van der Waals surface area contributed by atoms with Gasteiger partial charge in [-0.05, 0) is 112 Å². The Morgan fingerprint density at radius 3 is 1.69 bits per heavy atom. The van der Waals surface area contributed by atoms with Crippen molar-refractivity contribution in [3.63, 3.8) is 0 Å². The van der Waals surface area contributed by atoms with Crippen LogP contribution in [0.1, 0.15) is 11.1 Å². The molecule has 4 nitrogen and oxygen atoms in total. The Morgan fingerprint density at radius 2 is 0.926 bits per heavy atom. The molecule has 0 aliphatic carbocycles. The largest absolute Gasteiger partial charge is 0.337 e. The lowest BCUT2D eigenvalue weighted by Gasteiger charge is -2.26. The number of fused-ring (bicyclic) bond motifs is 4. The van der Waals surface area contributed by atoms with Crippen LogP contribution in [-0.4, -0.2) is 21.1 Å². The van der Waals surface area contributed by atoms with Gasteiger partial charge in [-0.25, -0.2) is 9.97 Å². The van der Waals surface area contributed by atoms with Gasteiger partial charge in [-0.3, -0.25) is 0 Å². The number of benzene rings is 9. The Hall–Kier alpha value is -8.86. The third-order valence-electron chi connectivity index (χ3n) is 13.1. The molecule has 0 spiro atoms. The fourth-order valence-corrected chi connectivity index (χ4v) is 9.74. The Labute approximate surface area is 397 Å². The highest BCUT2D eigenvalue weighted by molar-refractivity contribution is 6.10. The molecule has 0 radical (unpaired) electrons. The average molecular weight is 871 g/mol. The van der Waals surface area contributed by atoms with E-state index in [1.54, 1.807) is 0 Å². The Bertz CT molecular complexity index is 3620. The van der Waals surface area contributed by atoms with E-state index in [1.807, 2.05) is 24.3 Å². The fraction of sp³-hybridized carbons (Fsp3) is 0.0312. The minimum Gasteiger partial charge on any atom is -0.337 e. The van der Waals surface area contributed by atoms with E-state index in [0.717, 1.165) is 63.4 Å². The summed E-state index contributed by atoms with van der Waals surface area (Å²) in [7, 11) is 0. The second kappa shape index (κ2) is 17.8. The van der Waals surface area contributed by atoms with Gasteiger partial charge >= 0.3 is 0 Å². The number of rotatable bonds is 8. The summed E-state index contributed by atoms with van der Waals surface area (Å²) >= 11 is 0. The molecule has 2 aromatic heterocycles. The maximum Gasteiger partial charge on any atom is 0.160 e. The SMILES string of the molecule is C1=C/C(c2ccc3c(c2)c2ccccc2n3-c2ccccc2)=C\Cc2ccccc2N(c2cccc(-c3cccc(-c4cccc(-c5cc(-c6ccccc6)nc(-c6ccccc6)n5)c4)c3)c2)C1. The van der Waals surface area contributed by atoms with Gasteiger partial charge in [0.1, 0.15) is 0 Å². The van der Waals surface area contributed by atoms with E-state index in [-0.39, 0.29) is 0 Å². The molecule has 0 saturated carbocycles. The minimum absolute atomic E-state index is 0.709. The van der Waals surface area contributed by atoms with Crippen LogP contribution in [0.5, 0.6) is 0 Å². The smallest absolute Gasteiger partial charge is 0.160 e. The van der Waals surface area contributed by atoms with E-state index in [9.17, 15) is 0 Å². The molecule has 0 saturated heterocycles. The van der Waals surface area contributed by atoms with E-state index in [0.29, 0.717) is 5.82 Å². The van der Waals surface area contributed by atoms with Gasteiger partial charge in [-0.15, -0.1) is 0 Å². The molecule has 0 N–H and O–H groups in total. The van der Waals surface area contributed by atoms with Crippen LogP contribution in [0.25, 0.3) is 89.2 Å². The zero-order valence-electron chi connectivity index (χ0n) is 37.5. The highest BCUT2D eigenvalue weighted by atomic mass is 15.1. The number of hydrogen-bond donors (Lipinski definition) is 0. The summed E-state index contributed by atoms with van der Waals surface area (Å²) in [5, 5.41) is 2.51. The number of anilines is 2. The summed E-state index contributed by atoms with van der Waals surface area (Å²) < 4.78 is 2.38. The molecule has 0 unspecified atom stereocenters. The van der Waals surface area contributed by atoms with Gasteiger partial charge in [0.25, 0.3) is 0 Å². The predicted molar refractivity (Wildman–Crippen MR) is 284 cm³/mol. The molecule has 12 rings (SSSR count). The topological polar surface area (TPSA) is 34.0 Å². The Morgan fingerprint density at radius 1 is 0.368 bits per heavy atom. The molecule has 0 fully saturated rings. The van der Waals surface area contributed by atoms with Crippen LogP contribution in [-0.2, 0) is 6.42 Å². The van der Waals surface area contributed by atoms with Crippen LogP contribution in [0.4, 0.5) is 11.4 Å². The molecule has 322 valence electrons. The molecule has 1 aliphatic rings. The van der Waals surface area contributed by atoms with Crippen LogP contribution >= 0.6 is 0 Å². The first-order valence-corrected chi connectivity index (χ1v) is 23.3. The molecular formula is C64H46N4. The van der Waals surface area contributed by atoms with Gasteiger partial charge in [-0.2, -0.15) is 0 Å². The molecule has 68 heavy (non-hydrogen) atoms. The Balaban J connectivity index is 0.854. The summed E-state index contributed by atoms with van der Waals surface area (Å²) in [4.78, 5) is 12.6. The van der Waals surface area contributed by atoms with Gasteiger partial charge in [0.15, 0.2) is 5.82 Å². The molecule has 4 heteroatoms. The maximum absolute atomic E-state index is 5.11. The van der Waals surface area contributed by atoms with Crippen molar-refractivity contribution in [2.24, 2.45) is 0 Å². The second-order valence-electron chi connectivity index (χ2n) is 17.3. The van der Waals surface area contributed by atoms with Crippen LogP contribution in [0.15, 0.2) is 255 Å². The average Bonchev–Trinajstić information content (AvgIpc) is 3.79. The van der Waals surface area contributed by atoms with Crippen LogP contribution in [0.3, 0.4) is 0 Å². The first kappa shape index (κ1) is 40.6. The summed E-state index contributed by atoms with van der Waals surface area (Å²) in [6.07, 6.45) is 7.83. The number of nitrogens with zero attached hydrogens (tertiary/aromatic N) is 4.